The van der Waals surface area contributed by atoms with E-state index in [0.29, 0.717) is 0 Å². The standard InChI is InChI=1S/C27H18ClN/c1-27(2)18-9-5-8-16-15-7-3-4-11-21(15)29-22-12-6-10-20(28)24(22)17-13-14-19(27)25(23(16)18)26(17)29/h3-14H,1-2H3. The van der Waals surface area contributed by atoms with Crippen LogP contribution in [0, 0.1) is 0 Å². The Morgan fingerprint density at radius 1 is 0.724 bits per heavy atom. The Balaban J connectivity index is 1.89. The summed E-state index contributed by atoms with van der Waals surface area (Å²) in [5.74, 6) is 0. The SMILES string of the molecule is CC1(C)c2cccc3c2-c2c1ccc1c4c(Cl)cccc4n(c21)-c1ccccc1-3. The highest BCUT2D eigenvalue weighted by Crippen LogP contribution is 2.58. The van der Waals surface area contributed by atoms with Crippen LogP contribution in [0.5, 0.6) is 0 Å². The molecule has 0 amide bonds. The predicted octanol–water partition coefficient (Wildman–Crippen LogP) is 7.72. The van der Waals surface area contributed by atoms with Crippen molar-refractivity contribution >= 4 is 33.4 Å². The summed E-state index contributed by atoms with van der Waals surface area (Å²) in [5.41, 5.74) is 11.9. The minimum atomic E-state index is -0.0216. The molecular formula is C27H18ClN. The molecule has 1 aliphatic heterocycles. The van der Waals surface area contributed by atoms with Crippen molar-refractivity contribution in [1.82, 2.24) is 4.57 Å². The van der Waals surface area contributed by atoms with Crippen LogP contribution < -0.4 is 0 Å². The summed E-state index contributed by atoms with van der Waals surface area (Å²) >= 11 is 6.74. The van der Waals surface area contributed by atoms with Crippen LogP contribution >= 0.6 is 11.6 Å². The van der Waals surface area contributed by atoms with E-state index in [4.69, 9.17) is 11.6 Å². The first kappa shape index (κ1) is 15.8. The Morgan fingerprint density at radius 3 is 2.38 bits per heavy atom. The van der Waals surface area contributed by atoms with E-state index in [1.54, 1.807) is 0 Å². The van der Waals surface area contributed by atoms with E-state index < -0.39 is 0 Å². The number of hydrogen-bond acceptors (Lipinski definition) is 0. The lowest BCUT2D eigenvalue weighted by atomic mass is 9.81. The summed E-state index contributed by atoms with van der Waals surface area (Å²) in [7, 11) is 0. The molecule has 1 nitrogen and oxygen atoms in total. The fourth-order valence-corrected chi connectivity index (χ4v) is 6.02. The average Bonchev–Trinajstić information content (AvgIpc) is 3.13. The Hall–Kier alpha value is -3.03. The van der Waals surface area contributed by atoms with Crippen molar-refractivity contribution in [3.63, 3.8) is 0 Å². The van der Waals surface area contributed by atoms with Gasteiger partial charge in [-0.15, -0.1) is 0 Å². The third kappa shape index (κ3) is 1.66. The van der Waals surface area contributed by atoms with Crippen LogP contribution in [-0.4, -0.2) is 4.57 Å². The highest BCUT2D eigenvalue weighted by atomic mass is 35.5. The lowest BCUT2D eigenvalue weighted by Crippen LogP contribution is -2.15. The van der Waals surface area contributed by atoms with Gasteiger partial charge in [-0.25, -0.2) is 0 Å². The molecule has 4 aromatic carbocycles. The second kappa shape index (κ2) is 4.93. The zero-order chi connectivity index (χ0) is 19.5. The first-order chi connectivity index (χ1) is 14.1. The van der Waals surface area contributed by atoms with Crippen LogP contribution in [0.15, 0.2) is 72.8 Å². The molecular weight excluding hydrogens is 374 g/mol. The molecule has 0 spiro atoms. The largest absolute Gasteiger partial charge is 0.308 e. The van der Waals surface area contributed by atoms with Crippen LogP contribution in [0.25, 0.3) is 49.7 Å². The van der Waals surface area contributed by atoms with E-state index in [1.807, 2.05) is 6.07 Å². The molecule has 29 heavy (non-hydrogen) atoms. The molecule has 1 aliphatic carbocycles. The van der Waals surface area contributed by atoms with Crippen molar-refractivity contribution in [2.24, 2.45) is 0 Å². The van der Waals surface area contributed by atoms with Gasteiger partial charge in [0.1, 0.15) is 0 Å². The average molecular weight is 392 g/mol. The molecule has 0 saturated carbocycles. The highest BCUT2D eigenvalue weighted by Gasteiger charge is 2.40. The van der Waals surface area contributed by atoms with E-state index in [0.717, 1.165) is 10.4 Å². The minimum absolute atomic E-state index is 0.0216. The predicted molar refractivity (Wildman–Crippen MR) is 122 cm³/mol. The van der Waals surface area contributed by atoms with E-state index in [2.05, 4.69) is 85.1 Å². The van der Waals surface area contributed by atoms with Crippen molar-refractivity contribution in [1.29, 1.82) is 0 Å². The van der Waals surface area contributed by atoms with Gasteiger partial charge in [0, 0.05) is 27.3 Å². The molecule has 0 N–H and O–H groups in total. The summed E-state index contributed by atoms with van der Waals surface area (Å²) < 4.78 is 2.44. The number of rotatable bonds is 0. The maximum atomic E-state index is 6.74. The molecule has 7 rings (SSSR count). The van der Waals surface area contributed by atoms with E-state index in [9.17, 15) is 0 Å². The molecule has 1 aromatic heterocycles. The lowest BCUT2D eigenvalue weighted by molar-refractivity contribution is 0.661. The molecule has 0 bridgehead atoms. The van der Waals surface area contributed by atoms with Gasteiger partial charge in [0.05, 0.1) is 21.7 Å². The molecule has 2 heteroatoms. The zero-order valence-corrected chi connectivity index (χ0v) is 17.0. The topological polar surface area (TPSA) is 4.93 Å². The molecule has 0 atom stereocenters. The summed E-state index contributed by atoms with van der Waals surface area (Å²) in [6.07, 6.45) is 0. The molecule has 0 fully saturated rings. The van der Waals surface area contributed by atoms with Crippen molar-refractivity contribution < 1.29 is 0 Å². The molecule has 0 radical (unpaired) electrons. The Kier molecular flexibility index (Phi) is 2.69. The monoisotopic (exact) mass is 391 g/mol. The van der Waals surface area contributed by atoms with Gasteiger partial charge in [-0.1, -0.05) is 80.0 Å². The Morgan fingerprint density at radius 2 is 1.48 bits per heavy atom. The number of fused-ring (bicyclic) bond motifs is 6. The molecule has 2 heterocycles. The van der Waals surface area contributed by atoms with E-state index in [1.165, 1.54) is 55.5 Å². The molecule has 0 unspecified atom stereocenters. The summed E-state index contributed by atoms with van der Waals surface area (Å²) in [6.45, 7) is 4.70. The van der Waals surface area contributed by atoms with Gasteiger partial charge < -0.3 is 4.57 Å². The first-order valence-corrected chi connectivity index (χ1v) is 10.5. The normalized spacial score (nSPS) is 15.0. The Labute approximate surface area is 174 Å². The maximum Gasteiger partial charge on any atom is 0.0623 e. The van der Waals surface area contributed by atoms with Gasteiger partial charge in [-0.05, 0) is 40.5 Å². The van der Waals surface area contributed by atoms with Gasteiger partial charge >= 0.3 is 0 Å². The maximum absolute atomic E-state index is 6.74. The van der Waals surface area contributed by atoms with Gasteiger partial charge in [-0.3, -0.25) is 0 Å². The third-order valence-corrected chi connectivity index (χ3v) is 7.31. The first-order valence-electron chi connectivity index (χ1n) is 10.1. The number of halogens is 1. The second-order valence-electron chi connectivity index (χ2n) is 8.72. The van der Waals surface area contributed by atoms with Crippen LogP contribution in [0.3, 0.4) is 0 Å². The van der Waals surface area contributed by atoms with Gasteiger partial charge in [0.25, 0.3) is 0 Å². The van der Waals surface area contributed by atoms with Crippen LogP contribution in [-0.2, 0) is 5.41 Å². The molecule has 2 aliphatic rings. The number of nitrogens with zero attached hydrogens (tertiary/aromatic N) is 1. The number of aromatic nitrogens is 1. The van der Waals surface area contributed by atoms with Crippen molar-refractivity contribution in [3.8, 4) is 27.9 Å². The summed E-state index contributed by atoms with van der Waals surface area (Å²) in [5, 5.41) is 3.20. The van der Waals surface area contributed by atoms with E-state index in [-0.39, 0.29) is 5.41 Å². The molecule has 0 saturated heterocycles. The Bertz CT molecular complexity index is 1530. The van der Waals surface area contributed by atoms with Gasteiger partial charge in [0.15, 0.2) is 0 Å². The van der Waals surface area contributed by atoms with Gasteiger partial charge in [0.2, 0.25) is 0 Å². The van der Waals surface area contributed by atoms with Crippen molar-refractivity contribution in [2.75, 3.05) is 0 Å². The smallest absolute Gasteiger partial charge is 0.0623 e. The van der Waals surface area contributed by atoms with Gasteiger partial charge in [-0.2, -0.15) is 0 Å². The zero-order valence-electron chi connectivity index (χ0n) is 16.3. The molecule has 5 aromatic rings. The van der Waals surface area contributed by atoms with Crippen LogP contribution in [0.2, 0.25) is 5.02 Å². The van der Waals surface area contributed by atoms with Crippen molar-refractivity contribution in [3.05, 3.63) is 88.9 Å². The van der Waals surface area contributed by atoms with E-state index >= 15 is 0 Å². The molecule has 138 valence electrons. The summed E-state index contributed by atoms with van der Waals surface area (Å²) in [6, 6.07) is 26.4. The third-order valence-electron chi connectivity index (χ3n) is 7.00. The number of hydrogen-bond donors (Lipinski definition) is 0. The number of benzene rings is 4. The van der Waals surface area contributed by atoms with Crippen LogP contribution in [0.4, 0.5) is 0 Å². The minimum Gasteiger partial charge on any atom is -0.308 e. The second-order valence-corrected chi connectivity index (χ2v) is 9.13. The fraction of sp³-hybridized carbons (Fsp3) is 0.111. The summed E-state index contributed by atoms with van der Waals surface area (Å²) in [4.78, 5) is 0. The quantitative estimate of drug-likeness (QED) is 0.249. The van der Waals surface area contributed by atoms with Crippen LogP contribution in [0.1, 0.15) is 25.0 Å². The lowest BCUT2D eigenvalue weighted by Gasteiger charge is -2.22. The fourth-order valence-electron chi connectivity index (χ4n) is 5.74. The highest BCUT2D eigenvalue weighted by molar-refractivity contribution is 6.38. The van der Waals surface area contributed by atoms with Crippen molar-refractivity contribution in [2.45, 2.75) is 19.3 Å². The number of para-hydroxylation sites is 1.